The predicted octanol–water partition coefficient (Wildman–Crippen LogP) is 4.80. The molecule has 0 aliphatic rings. The fraction of sp³-hybridized carbons (Fsp3) is 0.0952. The van der Waals surface area contributed by atoms with Crippen LogP contribution in [0.2, 0.25) is 5.15 Å². The van der Waals surface area contributed by atoms with Crippen LogP contribution in [-0.2, 0) is 7.05 Å². The van der Waals surface area contributed by atoms with E-state index in [1.165, 1.54) is 6.33 Å². The molecule has 1 aromatic carbocycles. The molecule has 4 heterocycles. The van der Waals surface area contributed by atoms with Gasteiger partial charge >= 0.3 is 0 Å². The summed E-state index contributed by atoms with van der Waals surface area (Å²) in [6.45, 7) is 1.97. The van der Waals surface area contributed by atoms with Gasteiger partial charge in [0.15, 0.2) is 11.5 Å². The first kappa shape index (κ1) is 18.3. The van der Waals surface area contributed by atoms with E-state index in [1.54, 1.807) is 18.6 Å². The topological polar surface area (TPSA) is 90.6 Å². The highest BCUT2D eigenvalue weighted by molar-refractivity contribution is 6.29. The molecule has 4 aromatic heterocycles. The number of imidazole rings is 1. The number of nitrogens with one attached hydrogen (secondary N) is 1. The number of aromatic nitrogens is 6. The smallest absolute Gasteiger partial charge is 0.160 e. The van der Waals surface area contributed by atoms with Crippen LogP contribution < -0.4 is 10.1 Å². The highest BCUT2D eigenvalue weighted by Gasteiger charge is 2.10. The van der Waals surface area contributed by atoms with E-state index in [-0.39, 0.29) is 0 Å². The van der Waals surface area contributed by atoms with Crippen LogP contribution in [0.3, 0.4) is 0 Å². The SMILES string of the molecule is Cc1cc(Nc2ncnc3ccc(Cl)nc23)ccc1Oc1cnc2c(c1)ncn2C. The summed E-state index contributed by atoms with van der Waals surface area (Å²) in [5.74, 6) is 1.94. The first-order valence-corrected chi connectivity index (χ1v) is 9.54. The Hall–Kier alpha value is -3.78. The summed E-state index contributed by atoms with van der Waals surface area (Å²) >= 11 is 6.03. The van der Waals surface area contributed by atoms with Crippen LogP contribution in [0, 0.1) is 6.92 Å². The monoisotopic (exact) mass is 417 g/mol. The zero-order valence-corrected chi connectivity index (χ0v) is 16.9. The first-order valence-electron chi connectivity index (χ1n) is 9.17. The number of fused-ring (bicyclic) bond motifs is 2. The zero-order chi connectivity index (χ0) is 20.7. The second-order valence-electron chi connectivity index (χ2n) is 6.80. The predicted molar refractivity (Wildman–Crippen MR) is 115 cm³/mol. The maximum atomic E-state index is 6.03. The Morgan fingerprint density at radius 3 is 2.77 bits per heavy atom. The molecular weight excluding hydrogens is 402 g/mol. The zero-order valence-electron chi connectivity index (χ0n) is 16.2. The lowest BCUT2D eigenvalue weighted by atomic mass is 10.2. The molecule has 30 heavy (non-hydrogen) atoms. The highest BCUT2D eigenvalue weighted by atomic mass is 35.5. The minimum atomic E-state index is 0.388. The van der Waals surface area contributed by atoms with E-state index in [0.717, 1.165) is 28.2 Å². The number of halogens is 1. The van der Waals surface area contributed by atoms with Gasteiger partial charge < -0.3 is 14.6 Å². The molecule has 0 unspecified atom stereocenters. The quantitative estimate of drug-likeness (QED) is 0.420. The Morgan fingerprint density at radius 1 is 1.00 bits per heavy atom. The van der Waals surface area contributed by atoms with E-state index in [9.17, 15) is 0 Å². The Kier molecular flexibility index (Phi) is 4.40. The molecule has 9 heteroatoms. The molecule has 0 fully saturated rings. The van der Waals surface area contributed by atoms with Crippen molar-refractivity contribution in [2.24, 2.45) is 7.05 Å². The van der Waals surface area contributed by atoms with Crippen LogP contribution in [0.4, 0.5) is 11.5 Å². The molecule has 148 valence electrons. The molecule has 0 radical (unpaired) electrons. The van der Waals surface area contributed by atoms with Gasteiger partial charge in [-0.25, -0.2) is 24.9 Å². The average Bonchev–Trinajstić information content (AvgIpc) is 3.11. The Labute approximate surface area is 176 Å². The van der Waals surface area contributed by atoms with Crippen LogP contribution in [0.5, 0.6) is 11.5 Å². The van der Waals surface area contributed by atoms with Gasteiger partial charge in [-0.3, -0.25) is 0 Å². The van der Waals surface area contributed by atoms with Gasteiger partial charge in [-0.05, 0) is 42.8 Å². The second-order valence-corrected chi connectivity index (χ2v) is 7.19. The lowest BCUT2D eigenvalue weighted by Crippen LogP contribution is -1.98. The number of rotatable bonds is 4. The summed E-state index contributed by atoms with van der Waals surface area (Å²) in [6.07, 6.45) is 4.91. The van der Waals surface area contributed by atoms with Crippen molar-refractivity contribution >= 4 is 45.3 Å². The normalized spacial score (nSPS) is 11.2. The number of benzene rings is 1. The molecule has 0 bridgehead atoms. The molecule has 8 nitrogen and oxygen atoms in total. The summed E-state index contributed by atoms with van der Waals surface area (Å²) in [5, 5.41) is 3.67. The molecule has 0 aliphatic carbocycles. The van der Waals surface area contributed by atoms with Crippen molar-refractivity contribution in [1.82, 2.24) is 29.5 Å². The van der Waals surface area contributed by atoms with Crippen molar-refractivity contribution in [3.05, 3.63) is 66.0 Å². The number of pyridine rings is 2. The molecule has 0 spiro atoms. The number of nitrogens with zero attached hydrogens (tertiary/aromatic N) is 6. The summed E-state index contributed by atoms with van der Waals surface area (Å²) in [7, 11) is 1.91. The molecule has 5 aromatic rings. The Morgan fingerprint density at radius 2 is 1.90 bits per heavy atom. The fourth-order valence-electron chi connectivity index (χ4n) is 3.17. The third kappa shape index (κ3) is 3.37. The first-order chi connectivity index (χ1) is 14.6. The van der Waals surface area contributed by atoms with Crippen molar-refractivity contribution in [2.45, 2.75) is 6.92 Å². The van der Waals surface area contributed by atoms with Crippen LogP contribution in [0.1, 0.15) is 5.56 Å². The van der Waals surface area contributed by atoms with Crippen LogP contribution >= 0.6 is 11.6 Å². The van der Waals surface area contributed by atoms with E-state index in [1.807, 2.05) is 48.9 Å². The van der Waals surface area contributed by atoms with Gasteiger partial charge in [0.2, 0.25) is 0 Å². The number of hydrogen-bond acceptors (Lipinski definition) is 7. The fourth-order valence-corrected chi connectivity index (χ4v) is 3.31. The lowest BCUT2D eigenvalue weighted by molar-refractivity contribution is 0.477. The molecule has 0 amide bonds. The highest BCUT2D eigenvalue weighted by Crippen LogP contribution is 2.30. The molecular formula is C21H16ClN7O. The number of anilines is 2. The molecule has 5 rings (SSSR count). The Balaban J connectivity index is 1.41. The van der Waals surface area contributed by atoms with Crippen LogP contribution in [0.25, 0.3) is 22.2 Å². The Bertz CT molecular complexity index is 1400. The van der Waals surface area contributed by atoms with Crippen LogP contribution in [0.15, 0.2) is 55.2 Å². The minimum Gasteiger partial charge on any atom is -0.455 e. The molecule has 0 atom stereocenters. The van der Waals surface area contributed by atoms with Gasteiger partial charge in [-0.1, -0.05) is 11.6 Å². The van der Waals surface area contributed by atoms with Crippen molar-refractivity contribution in [3.8, 4) is 11.5 Å². The standard InChI is InChI=1S/C21H16ClN7O/c1-12-7-13(27-20-19-15(24-10-25-20)4-6-18(22)28-19)3-5-17(12)30-14-8-16-21(23-9-14)29(2)11-26-16/h3-11H,1-2H3,(H,24,25,27). The van der Waals surface area contributed by atoms with Gasteiger partial charge in [0.05, 0.1) is 18.0 Å². The van der Waals surface area contributed by atoms with Crippen molar-refractivity contribution in [3.63, 3.8) is 0 Å². The van der Waals surface area contributed by atoms with Gasteiger partial charge in [-0.15, -0.1) is 0 Å². The van der Waals surface area contributed by atoms with Gasteiger partial charge in [0, 0.05) is 18.8 Å². The summed E-state index contributed by atoms with van der Waals surface area (Å²) in [6, 6.07) is 11.2. The van der Waals surface area contributed by atoms with Gasteiger partial charge in [-0.2, -0.15) is 0 Å². The number of ether oxygens (including phenoxy) is 1. The molecule has 0 saturated heterocycles. The van der Waals surface area contributed by atoms with Crippen molar-refractivity contribution in [2.75, 3.05) is 5.32 Å². The maximum Gasteiger partial charge on any atom is 0.160 e. The second kappa shape index (κ2) is 7.23. The van der Waals surface area contributed by atoms with Crippen molar-refractivity contribution in [1.29, 1.82) is 0 Å². The van der Waals surface area contributed by atoms with E-state index >= 15 is 0 Å². The third-order valence-corrected chi connectivity index (χ3v) is 4.85. The van der Waals surface area contributed by atoms with E-state index < -0.39 is 0 Å². The van der Waals surface area contributed by atoms with Crippen molar-refractivity contribution < 1.29 is 4.74 Å². The lowest BCUT2D eigenvalue weighted by Gasteiger charge is -2.12. The summed E-state index contributed by atoms with van der Waals surface area (Å²) < 4.78 is 7.89. The average molecular weight is 418 g/mol. The molecule has 0 aliphatic heterocycles. The molecule has 0 saturated carbocycles. The minimum absolute atomic E-state index is 0.388. The summed E-state index contributed by atoms with van der Waals surface area (Å²) in [4.78, 5) is 21.6. The molecule has 1 N–H and O–H groups in total. The van der Waals surface area contributed by atoms with E-state index in [2.05, 4.69) is 30.2 Å². The number of aryl methyl sites for hydroxylation is 2. The maximum absolute atomic E-state index is 6.03. The van der Waals surface area contributed by atoms with Gasteiger partial charge in [0.25, 0.3) is 0 Å². The van der Waals surface area contributed by atoms with Gasteiger partial charge in [0.1, 0.15) is 34.0 Å². The van der Waals surface area contributed by atoms with E-state index in [4.69, 9.17) is 16.3 Å². The van der Waals surface area contributed by atoms with E-state index in [0.29, 0.717) is 27.8 Å². The van der Waals surface area contributed by atoms with Crippen LogP contribution in [-0.4, -0.2) is 29.5 Å². The largest absolute Gasteiger partial charge is 0.455 e. The number of hydrogen-bond donors (Lipinski definition) is 1. The summed E-state index contributed by atoms with van der Waals surface area (Å²) in [5.41, 5.74) is 4.71. The third-order valence-electron chi connectivity index (χ3n) is 4.64.